The Morgan fingerprint density at radius 1 is 1.03 bits per heavy atom. The molecular formula is C26H34N4O4S. The molecule has 1 N–H and O–H groups in total. The number of nitrogens with zero attached hydrogens (tertiary/aromatic N) is 3. The Hall–Kier alpha value is -2.62. The molecule has 0 atom stereocenters. The summed E-state index contributed by atoms with van der Waals surface area (Å²) in [5, 5.41) is 0.771. The van der Waals surface area contributed by atoms with Gasteiger partial charge in [0.2, 0.25) is 10.0 Å². The molecule has 1 saturated carbocycles. The van der Waals surface area contributed by atoms with Crippen LogP contribution in [0.3, 0.4) is 0 Å². The van der Waals surface area contributed by atoms with Crippen LogP contribution in [-0.2, 0) is 17.1 Å². The zero-order valence-corrected chi connectivity index (χ0v) is 21.5. The lowest BCUT2D eigenvalue weighted by atomic mass is 9.92. The summed E-state index contributed by atoms with van der Waals surface area (Å²) in [6, 6.07) is 7.61. The molecule has 9 heteroatoms. The number of H-pyrrole nitrogens is 1. The van der Waals surface area contributed by atoms with Crippen LogP contribution in [0.15, 0.2) is 46.3 Å². The molecular weight excluding hydrogens is 464 g/mol. The van der Waals surface area contributed by atoms with E-state index < -0.39 is 10.0 Å². The van der Waals surface area contributed by atoms with Gasteiger partial charge in [0.1, 0.15) is 11.3 Å². The summed E-state index contributed by atoms with van der Waals surface area (Å²) in [5.41, 5.74) is 1.87. The Balaban J connectivity index is 1.58. The summed E-state index contributed by atoms with van der Waals surface area (Å²) in [6.07, 6.45) is 9.39. The summed E-state index contributed by atoms with van der Waals surface area (Å²) in [6.45, 7) is 1.10. The lowest BCUT2D eigenvalue weighted by Crippen LogP contribution is -2.35. The van der Waals surface area contributed by atoms with E-state index in [9.17, 15) is 13.2 Å². The van der Waals surface area contributed by atoms with Gasteiger partial charge in [-0.25, -0.2) is 8.42 Å². The first-order chi connectivity index (χ1) is 16.8. The number of nitrogens with one attached hydrogen (secondary N) is 1. The highest BCUT2D eigenvalue weighted by Crippen LogP contribution is 2.39. The summed E-state index contributed by atoms with van der Waals surface area (Å²) in [7, 11) is 2.47. The van der Waals surface area contributed by atoms with Crippen LogP contribution in [0.1, 0.15) is 38.5 Å². The quantitative estimate of drug-likeness (QED) is 0.561. The van der Waals surface area contributed by atoms with E-state index in [1.54, 1.807) is 33.3 Å². The van der Waals surface area contributed by atoms with Gasteiger partial charge in [-0.05, 0) is 76.9 Å². The molecule has 2 aliphatic rings. The molecule has 0 radical (unpaired) electrons. The van der Waals surface area contributed by atoms with Gasteiger partial charge in [-0.15, -0.1) is 0 Å². The Morgan fingerprint density at radius 3 is 2.43 bits per heavy atom. The van der Waals surface area contributed by atoms with Gasteiger partial charge in [0.15, 0.2) is 0 Å². The van der Waals surface area contributed by atoms with Crippen LogP contribution in [-0.4, -0.2) is 66.5 Å². The van der Waals surface area contributed by atoms with Crippen LogP contribution in [0.2, 0.25) is 0 Å². The van der Waals surface area contributed by atoms with Gasteiger partial charge in [-0.1, -0.05) is 0 Å². The van der Waals surface area contributed by atoms with E-state index in [2.05, 4.69) is 24.0 Å². The molecule has 2 fully saturated rings. The maximum absolute atomic E-state index is 13.4. The number of fused-ring (bicyclic) bond motifs is 1. The van der Waals surface area contributed by atoms with Crippen LogP contribution < -0.4 is 10.3 Å². The number of pyridine rings is 1. The van der Waals surface area contributed by atoms with Crippen molar-refractivity contribution >= 4 is 20.9 Å². The fourth-order valence-electron chi connectivity index (χ4n) is 5.50. The molecule has 0 unspecified atom stereocenters. The first-order valence-corrected chi connectivity index (χ1v) is 13.8. The maximum Gasteiger partial charge on any atom is 0.272 e. The van der Waals surface area contributed by atoms with Gasteiger partial charge in [-0.3, -0.25) is 4.79 Å². The second-order valence-corrected chi connectivity index (χ2v) is 11.9. The van der Waals surface area contributed by atoms with E-state index in [1.165, 1.54) is 0 Å². The third kappa shape index (κ3) is 4.52. The highest BCUT2D eigenvalue weighted by Gasteiger charge is 2.30. The molecule has 0 bridgehead atoms. The largest absolute Gasteiger partial charge is 0.490 e. The van der Waals surface area contributed by atoms with Crippen molar-refractivity contribution < 1.29 is 13.2 Å². The van der Waals surface area contributed by atoms with Crippen molar-refractivity contribution in [3.8, 4) is 16.9 Å². The number of aromatic amines is 1. The van der Waals surface area contributed by atoms with E-state index in [0.29, 0.717) is 36.0 Å². The summed E-state index contributed by atoms with van der Waals surface area (Å²) in [4.78, 5) is 17.8. The van der Waals surface area contributed by atoms with Crippen molar-refractivity contribution in [2.24, 2.45) is 7.05 Å². The average molecular weight is 499 g/mol. The average Bonchev–Trinajstić information content (AvgIpc) is 3.49. The Labute approximate surface area is 206 Å². The molecule has 0 amide bonds. The molecule has 1 aliphatic carbocycles. The van der Waals surface area contributed by atoms with Crippen molar-refractivity contribution in [1.82, 2.24) is 18.8 Å². The molecule has 3 aromatic rings. The third-order valence-corrected chi connectivity index (χ3v) is 9.41. The molecule has 3 heterocycles. The molecule has 1 aromatic carbocycles. The van der Waals surface area contributed by atoms with Gasteiger partial charge in [0.25, 0.3) is 5.56 Å². The standard InChI is InChI=1S/C26H34N4O4S/c1-28(2)18-6-8-19(9-7-18)34-24-11-10-20(35(32,33)30-14-4-5-15-30)16-22(24)23-17-29(3)25-21(23)12-13-27-26(25)31/h10-13,16-19H,4-9,14-15H2,1-3H3,(H,27,31). The van der Waals surface area contributed by atoms with Crippen molar-refractivity contribution in [3.05, 3.63) is 47.0 Å². The maximum atomic E-state index is 13.4. The summed E-state index contributed by atoms with van der Waals surface area (Å²) in [5.74, 6) is 0.659. The Bertz CT molecular complexity index is 1380. The Morgan fingerprint density at radius 2 is 1.74 bits per heavy atom. The fraction of sp³-hybridized carbons (Fsp3) is 0.500. The van der Waals surface area contributed by atoms with Crippen molar-refractivity contribution in [2.75, 3.05) is 27.2 Å². The fourth-order valence-corrected chi connectivity index (χ4v) is 7.04. The van der Waals surface area contributed by atoms with Crippen molar-refractivity contribution in [1.29, 1.82) is 0 Å². The second kappa shape index (κ2) is 9.44. The number of ether oxygens (including phenoxy) is 1. The molecule has 5 rings (SSSR count). The smallest absolute Gasteiger partial charge is 0.272 e. The second-order valence-electron chi connectivity index (χ2n) is 10.0. The summed E-state index contributed by atoms with van der Waals surface area (Å²) >= 11 is 0. The van der Waals surface area contributed by atoms with E-state index in [4.69, 9.17) is 4.74 Å². The van der Waals surface area contributed by atoms with E-state index in [0.717, 1.165) is 49.5 Å². The third-order valence-electron chi connectivity index (χ3n) is 7.51. The number of rotatable bonds is 6. The zero-order chi connectivity index (χ0) is 24.7. The molecule has 8 nitrogen and oxygen atoms in total. The molecule has 1 saturated heterocycles. The topological polar surface area (TPSA) is 87.6 Å². The molecule has 2 aromatic heterocycles. The number of sulfonamides is 1. The number of aryl methyl sites for hydroxylation is 1. The molecule has 188 valence electrons. The van der Waals surface area contributed by atoms with Crippen LogP contribution in [0.4, 0.5) is 0 Å². The van der Waals surface area contributed by atoms with Crippen LogP contribution in [0.25, 0.3) is 22.0 Å². The van der Waals surface area contributed by atoms with Gasteiger partial charge in [-0.2, -0.15) is 4.31 Å². The van der Waals surface area contributed by atoms with Crippen molar-refractivity contribution in [2.45, 2.75) is 55.6 Å². The number of benzene rings is 1. The predicted octanol–water partition coefficient (Wildman–Crippen LogP) is 3.57. The van der Waals surface area contributed by atoms with Crippen LogP contribution in [0, 0.1) is 0 Å². The first-order valence-electron chi connectivity index (χ1n) is 12.4. The van der Waals surface area contributed by atoms with E-state index >= 15 is 0 Å². The molecule has 1 aliphatic heterocycles. The van der Waals surface area contributed by atoms with Crippen LogP contribution in [0.5, 0.6) is 5.75 Å². The lowest BCUT2D eigenvalue weighted by molar-refractivity contribution is 0.111. The minimum Gasteiger partial charge on any atom is -0.490 e. The highest BCUT2D eigenvalue weighted by molar-refractivity contribution is 7.89. The van der Waals surface area contributed by atoms with Gasteiger partial charge in [0.05, 0.1) is 11.0 Å². The predicted molar refractivity (Wildman–Crippen MR) is 137 cm³/mol. The van der Waals surface area contributed by atoms with Gasteiger partial charge < -0.3 is 19.2 Å². The van der Waals surface area contributed by atoms with Gasteiger partial charge >= 0.3 is 0 Å². The number of hydrogen-bond donors (Lipinski definition) is 1. The van der Waals surface area contributed by atoms with E-state index in [-0.39, 0.29) is 16.6 Å². The van der Waals surface area contributed by atoms with Gasteiger partial charge in [0, 0.05) is 55.1 Å². The minimum absolute atomic E-state index is 0.0735. The Kier molecular flexibility index (Phi) is 6.50. The molecule has 0 spiro atoms. The highest BCUT2D eigenvalue weighted by atomic mass is 32.2. The van der Waals surface area contributed by atoms with Crippen molar-refractivity contribution in [3.63, 3.8) is 0 Å². The summed E-state index contributed by atoms with van der Waals surface area (Å²) < 4.78 is 36.6. The minimum atomic E-state index is -3.59. The van der Waals surface area contributed by atoms with Crippen LogP contribution >= 0.6 is 0 Å². The normalized spacial score (nSPS) is 21.7. The zero-order valence-electron chi connectivity index (χ0n) is 20.7. The lowest BCUT2D eigenvalue weighted by Gasteiger charge is -2.33. The first kappa shape index (κ1) is 24.1. The monoisotopic (exact) mass is 498 g/mol. The number of aromatic nitrogens is 2. The SMILES string of the molecule is CN(C)C1CCC(Oc2ccc(S(=O)(=O)N3CCCC3)cc2-c2cn(C)c3c(=O)[nH]ccc23)CC1. The molecule has 35 heavy (non-hydrogen) atoms. The number of hydrogen-bond acceptors (Lipinski definition) is 5. The van der Waals surface area contributed by atoms with E-state index in [1.807, 2.05) is 19.3 Å².